The van der Waals surface area contributed by atoms with E-state index in [9.17, 15) is 0 Å². The highest BCUT2D eigenvalue weighted by Crippen LogP contribution is 2.50. The van der Waals surface area contributed by atoms with Crippen LogP contribution in [0.1, 0.15) is 155 Å². The minimum atomic E-state index is -0.187. The van der Waals surface area contributed by atoms with Crippen LogP contribution in [0.2, 0.25) is 0 Å². The molecule has 1 aliphatic rings. The summed E-state index contributed by atoms with van der Waals surface area (Å²) >= 11 is 0. The highest BCUT2D eigenvalue weighted by molar-refractivity contribution is 6.10. The molecule has 5 nitrogen and oxygen atoms in total. The number of rotatable bonds is 10. The van der Waals surface area contributed by atoms with Crippen LogP contribution in [0, 0.1) is 0 Å². The molecule has 2 aromatic heterocycles. The third kappa shape index (κ3) is 9.40. The molecule has 0 N–H and O–H groups in total. The summed E-state index contributed by atoms with van der Waals surface area (Å²) in [5, 5.41) is 2.38. The third-order valence-electron chi connectivity index (χ3n) is 15.6. The number of anilines is 4. The summed E-state index contributed by atoms with van der Waals surface area (Å²) in [7, 11) is 0. The largest absolute Gasteiger partial charge is 0.457 e. The molecular formula is C69H76N4O. The molecule has 0 unspecified atom stereocenters. The Hall–Kier alpha value is -7.11. The van der Waals surface area contributed by atoms with Gasteiger partial charge in [-0.05, 0) is 151 Å². The average molecular weight is 977 g/mol. The summed E-state index contributed by atoms with van der Waals surface area (Å²) in [6.07, 6.45) is 1.95. The molecule has 7 aromatic carbocycles. The number of hydrogen-bond donors (Lipinski definition) is 0. The predicted molar refractivity (Wildman–Crippen MR) is 315 cm³/mol. The molecule has 0 saturated heterocycles. The lowest BCUT2D eigenvalue weighted by atomic mass is 9.78. The Kier molecular flexibility index (Phi) is 12.7. The normalized spacial score (nSPS) is 13.5. The molecule has 0 radical (unpaired) electrons. The maximum atomic E-state index is 7.29. The van der Waals surface area contributed by atoms with E-state index in [2.05, 4.69) is 276 Å². The predicted octanol–water partition coefficient (Wildman–Crippen LogP) is 19.4. The zero-order valence-electron chi connectivity index (χ0n) is 46.6. The minimum Gasteiger partial charge on any atom is -0.457 e. The molecule has 9 aromatic rings. The second-order valence-corrected chi connectivity index (χ2v) is 25.1. The molecule has 0 bridgehead atoms. The number of benzene rings is 7. The van der Waals surface area contributed by atoms with Gasteiger partial charge in [0.25, 0.3) is 0 Å². The van der Waals surface area contributed by atoms with Gasteiger partial charge >= 0.3 is 0 Å². The maximum Gasteiger partial charge on any atom is 0.137 e. The summed E-state index contributed by atoms with van der Waals surface area (Å²) in [6, 6.07) is 58.8. The number of ether oxygens (including phenoxy) is 1. The standard InChI is InChI=1S/C69H76N4O/c1-44(2)56-25-20-26-57(45(3)4)65(56)46-35-53(72-43-71(61-32-28-49(39-63(61)72)67(8,9)10)52-24-19-23-51(37-52)69(14,15)47-21-17-16-18-22-47)41-55(36-46)74-54-29-30-58-59-38-48(66(5,6)7)27-31-60(59)73(62(58)42-54)64-40-50(33-34-70-64)68(11,12)13/h16-42,44-45H,43H2,1-15H3. The Bertz CT molecular complexity index is 3530. The molecule has 0 spiro atoms. The van der Waals surface area contributed by atoms with Crippen LogP contribution in [-0.4, -0.2) is 16.2 Å². The lowest BCUT2D eigenvalue weighted by Crippen LogP contribution is -2.25. The van der Waals surface area contributed by atoms with E-state index < -0.39 is 0 Å². The van der Waals surface area contributed by atoms with Crippen molar-refractivity contribution in [3.8, 4) is 28.4 Å². The van der Waals surface area contributed by atoms with Gasteiger partial charge < -0.3 is 14.5 Å². The van der Waals surface area contributed by atoms with E-state index in [-0.39, 0.29) is 21.7 Å². The summed E-state index contributed by atoms with van der Waals surface area (Å²) in [6.45, 7) is 35.1. The summed E-state index contributed by atoms with van der Waals surface area (Å²) in [4.78, 5) is 10.0. The van der Waals surface area contributed by atoms with Gasteiger partial charge in [0.05, 0.1) is 22.4 Å². The second kappa shape index (κ2) is 18.7. The van der Waals surface area contributed by atoms with Crippen LogP contribution < -0.4 is 14.5 Å². The molecule has 0 fully saturated rings. The zero-order valence-corrected chi connectivity index (χ0v) is 46.6. The van der Waals surface area contributed by atoms with E-state index in [1.165, 1.54) is 72.3 Å². The number of hydrogen-bond acceptors (Lipinski definition) is 4. The monoisotopic (exact) mass is 977 g/mol. The first-order valence-corrected chi connectivity index (χ1v) is 26.8. The number of aromatic nitrogens is 2. The quantitative estimate of drug-likeness (QED) is 0.137. The first-order valence-electron chi connectivity index (χ1n) is 26.8. The van der Waals surface area contributed by atoms with Crippen molar-refractivity contribution in [3.05, 3.63) is 203 Å². The van der Waals surface area contributed by atoms with Crippen molar-refractivity contribution in [1.29, 1.82) is 0 Å². The smallest absolute Gasteiger partial charge is 0.137 e. The van der Waals surface area contributed by atoms with E-state index in [1.54, 1.807) is 0 Å². The average Bonchev–Trinajstić information content (AvgIpc) is 3.92. The molecule has 378 valence electrons. The molecule has 0 atom stereocenters. The fraction of sp³-hybridized carbons (Fsp3) is 0.319. The molecule has 0 amide bonds. The zero-order chi connectivity index (χ0) is 52.6. The number of nitrogens with zero attached hydrogens (tertiary/aromatic N) is 4. The van der Waals surface area contributed by atoms with Gasteiger partial charge in [0.2, 0.25) is 0 Å². The van der Waals surface area contributed by atoms with Crippen LogP contribution in [0.3, 0.4) is 0 Å². The molecule has 3 heterocycles. The lowest BCUT2D eigenvalue weighted by Gasteiger charge is -2.28. The van der Waals surface area contributed by atoms with Crippen LogP contribution in [0.15, 0.2) is 164 Å². The van der Waals surface area contributed by atoms with Crippen LogP contribution in [0.5, 0.6) is 11.5 Å². The van der Waals surface area contributed by atoms with E-state index in [0.29, 0.717) is 18.5 Å². The Morgan fingerprint density at radius 2 is 1.07 bits per heavy atom. The van der Waals surface area contributed by atoms with Gasteiger partial charge in [-0.25, -0.2) is 4.98 Å². The highest BCUT2D eigenvalue weighted by Gasteiger charge is 2.33. The maximum absolute atomic E-state index is 7.29. The van der Waals surface area contributed by atoms with Crippen molar-refractivity contribution in [1.82, 2.24) is 9.55 Å². The van der Waals surface area contributed by atoms with Crippen LogP contribution >= 0.6 is 0 Å². The van der Waals surface area contributed by atoms with Gasteiger partial charge in [-0.1, -0.05) is 177 Å². The molecular weight excluding hydrogens is 901 g/mol. The Morgan fingerprint density at radius 1 is 0.446 bits per heavy atom. The summed E-state index contributed by atoms with van der Waals surface area (Å²) in [5.41, 5.74) is 18.0. The SMILES string of the molecule is CC(C)c1cccc(C(C)C)c1-c1cc(Oc2ccc3c4cc(C(C)(C)C)ccc4n(-c4cc(C(C)(C)C)ccn4)c3c2)cc(N2CN(c3cccc(C(C)(C)c4ccccc4)c3)c3ccc(C(C)(C)C)cc32)c1. The third-order valence-corrected chi connectivity index (χ3v) is 15.6. The van der Waals surface area contributed by atoms with Crippen molar-refractivity contribution in [2.24, 2.45) is 0 Å². The fourth-order valence-electron chi connectivity index (χ4n) is 11.0. The first-order chi connectivity index (χ1) is 35.0. The van der Waals surface area contributed by atoms with Gasteiger partial charge in [-0.15, -0.1) is 0 Å². The van der Waals surface area contributed by atoms with Gasteiger partial charge in [-0.3, -0.25) is 4.57 Å². The van der Waals surface area contributed by atoms with Gasteiger partial charge in [0.15, 0.2) is 0 Å². The van der Waals surface area contributed by atoms with Crippen LogP contribution in [0.4, 0.5) is 22.7 Å². The van der Waals surface area contributed by atoms with Crippen molar-refractivity contribution in [3.63, 3.8) is 0 Å². The number of fused-ring (bicyclic) bond motifs is 4. The van der Waals surface area contributed by atoms with Crippen molar-refractivity contribution in [2.45, 2.75) is 137 Å². The first kappa shape index (κ1) is 50.4. The van der Waals surface area contributed by atoms with Crippen molar-refractivity contribution < 1.29 is 4.74 Å². The second-order valence-electron chi connectivity index (χ2n) is 25.1. The number of pyridine rings is 1. The van der Waals surface area contributed by atoms with E-state index in [1.807, 2.05) is 6.20 Å². The van der Waals surface area contributed by atoms with Gasteiger partial charge in [0, 0.05) is 45.9 Å². The molecule has 5 heteroatoms. The summed E-state index contributed by atoms with van der Waals surface area (Å²) < 4.78 is 9.62. The Morgan fingerprint density at radius 3 is 1.74 bits per heavy atom. The van der Waals surface area contributed by atoms with Crippen LogP contribution in [0.25, 0.3) is 38.8 Å². The van der Waals surface area contributed by atoms with Crippen molar-refractivity contribution in [2.75, 3.05) is 16.5 Å². The van der Waals surface area contributed by atoms with Gasteiger partial charge in [-0.2, -0.15) is 0 Å². The van der Waals surface area contributed by atoms with Crippen LogP contribution in [-0.2, 0) is 21.7 Å². The highest BCUT2D eigenvalue weighted by atomic mass is 16.5. The molecule has 10 rings (SSSR count). The lowest BCUT2D eigenvalue weighted by molar-refractivity contribution is 0.483. The van der Waals surface area contributed by atoms with E-state index in [4.69, 9.17) is 9.72 Å². The minimum absolute atomic E-state index is 0.00701. The van der Waals surface area contributed by atoms with E-state index in [0.717, 1.165) is 39.6 Å². The Labute approximate surface area is 441 Å². The van der Waals surface area contributed by atoms with Crippen molar-refractivity contribution >= 4 is 44.6 Å². The molecule has 1 aliphatic heterocycles. The van der Waals surface area contributed by atoms with E-state index >= 15 is 0 Å². The molecule has 74 heavy (non-hydrogen) atoms. The van der Waals surface area contributed by atoms with Gasteiger partial charge in [0.1, 0.15) is 24.0 Å². The topological polar surface area (TPSA) is 33.5 Å². The fourth-order valence-corrected chi connectivity index (χ4v) is 11.0. The summed E-state index contributed by atoms with van der Waals surface area (Å²) in [5.74, 6) is 3.08. The Balaban J connectivity index is 1.16. The molecule has 0 aliphatic carbocycles. The molecule has 0 saturated carbocycles.